The van der Waals surface area contributed by atoms with Crippen LogP contribution in [0.2, 0.25) is 0 Å². The van der Waals surface area contributed by atoms with Crippen LogP contribution < -0.4 is 20.9 Å². The van der Waals surface area contributed by atoms with Crippen LogP contribution in [0.4, 0.5) is 11.4 Å². The van der Waals surface area contributed by atoms with Gasteiger partial charge in [-0.3, -0.25) is 4.98 Å². The molecule has 6 heteroatoms. The summed E-state index contributed by atoms with van der Waals surface area (Å²) >= 11 is 3.56. The normalized spacial score (nSPS) is 18.4. The molecule has 2 aromatic carbocycles. The van der Waals surface area contributed by atoms with Gasteiger partial charge in [-0.25, -0.2) is 0 Å². The molecule has 5 nitrogen and oxygen atoms in total. The monoisotopic (exact) mass is 481 g/mol. The lowest BCUT2D eigenvalue weighted by Crippen LogP contribution is -2.05. The minimum atomic E-state index is 0.199. The van der Waals surface area contributed by atoms with Crippen LogP contribution in [0, 0.1) is 13.8 Å². The Bertz CT molecular complexity index is 1130. The number of ether oxygens (including phenoxy) is 2. The molecule has 162 valence electrons. The number of halogens is 1. The van der Waals surface area contributed by atoms with E-state index >= 15 is 0 Å². The number of hydrogen-bond donors (Lipinski definition) is 2. The highest BCUT2D eigenvalue weighted by Crippen LogP contribution is 2.43. The maximum atomic E-state index is 6.04. The number of hydrogen-bond acceptors (Lipinski definition) is 5. The summed E-state index contributed by atoms with van der Waals surface area (Å²) in [6, 6.07) is 8.00. The van der Waals surface area contributed by atoms with Crippen molar-refractivity contribution in [2.24, 2.45) is 0 Å². The Kier molecular flexibility index (Phi) is 5.84. The van der Waals surface area contributed by atoms with Crippen LogP contribution >= 0.6 is 15.9 Å². The van der Waals surface area contributed by atoms with Crippen LogP contribution in [-0.2, 0) is 12.8 Å². The third kappa shape index (κ3) is 4.09. The van der Waals surface area contributed by atoms with Crippen LogP contribution in [-0.4, -0.2) is 17.2 Å². The van der Waals surface area contributed by atoms with Gasteiger partial charge in [0.1, 0.15) is 23.7 Å². The van der Waals surface area contributed by atoms with E-state index < -0.39 is 0 Å². The summed E-state index contributed by atoms with van der Waals surface area (Å²) in [7, 11) is 0. The molecule has 4 N–H and O–H groups in total. The van der Waals surface area contributed by atoms with Gasteiger partial charge >= 0.3 is 0 Å². The predicted octanol–water partition coefficient (Wildman–Crippen LogP) is 5.63. The van der Waals surface area contributed by atoms with Crippen LogP contribution in [0.1, 0.15) is 36.1 Å². The van der Waals surface area contributed by atoms with E-state index in [4.69, 9.17) is 20.9 Å². The number of anilines is 2. The molecule has 5 rings (SSSR count). The number of rotatable bonds is 1. The Hall–Kier alpha value is -2.73. The van der Waals surface area contributed by atoms with E-state index in [-0.39, 0.29) is 12.2 Å². The SMILES string of the molecule is Cc1cc(N)c2c(c1-c1ccncc1)C[C@H](C)O2.Cc1cc(N)c2c(c1Br)C[C@H](C)O2. The molecule has 0 fully saturated rings. The van der Waals surface area contributed by atoms with E-state index in [1.165, 1.54) is 33.4 Å². The predicted molar refractivity (Wildman–Crippen MR) is 130 cm³/mol. The number of fused-ring (bicyclic) bond motifs is 2. The van der Waals surface area contributed by atoms with E-state index in [0.717, 1.165) is 40.2 Å². The quantitative estimate of drug-likeness (QED) is 0.440. The largest absolute Gasteiger partial charge is 0.488 e. The first-order chi connectivity index (χ1) is 14.8. The van der Waals surface area contributed by atoms with Gasteiger partial charge in [0.15, 0.2) is 0 Å². The van der Waals surface area contributed by atoms with Crippen molar-refractivity contribution in [3.8, 4) is 22.6 Å². The highest BCUT2D eigenvalue weighted by molar-refractivity contribution is 9.10. The van der Waals surface area contributed by atoms with E-state index in [1.807, 2.05) is 43.6 Å². The second-order valence-electron chi connectivity index (χ2n) is 8.37. The number of aromatic nitrogens is 1. The van der Waals surface area contributed by atoms with Gasteiger partial charge in [0, 0.05) is 40.8 Å². The average molecular weight is 482 g/mol. The molecule has 3 aromatic rings. The molecule has 0 amide bonds. The van der Waals surface area contributed by atoms with Gasteiger partial charge in [-0.05, 0) is 74.2 Å². The second-order valence-corrected chi connectivity index (χ2v) is 9.16. The molecule has 31 heavy (non-hydrogen) atoms. The molecule has 0 unspecified atom stereocenters. The van der Waals surface area contributed by atoms with Gasteiger partial charge in [0.2, 0.25) is 0 Å². The molecule has 0 radical (unpaired) electrons. The molecular formula is C25H28BrN3O2. The fraction of sp³-hybridized carbons (Fsp3) is 0.320. The summed E-state index contributed by atoms with van der Waals surface area (Å²) in [5.74, 6) is 1.73. The average Bonchev–Trinajstić information content (AvgIpc) is 3.31. The summed E-state index contributed by atoms with van der Waals surface area (Å²) < 4.78 is 12.6. The molecule has 0 spiro atoms. The number of nitrogens with two attached hydrogens (primary N) is 2. The smallest absolute Gasteiger partial charge is 0.147 e. The van der Waals surface area contributed by atoms with Crippen molar-refractivity contribution in [2.45, 2.75) is 52.7 Å². The molecule has 0 aliphatic carbocycles. The number of nitrogens with zero attached hydrogens (tertiary/aromatic N) is 1. The number of pyridine rings is 1. The Morgan fingerprint density at radius 3 is 2.00 bits per heavy atom. The van der Waals surface area contributed by atoms with Gasteiger partial charge in [0.25, 0.3) is 0 Å². The van der Waals surface area contributed by atoms with Crippen LogP contribution in [0.3, 0.4) is 0 Å². The highest BCUT2D eigenvalue weighted by Gasteiger charge is 2.26. The Morgan fingerprint density at radius 2 is 1.39 bits per heavy atom. The summed E-state index contributed by atoms with van der Waals surface area (Å²) in [6.07, 6.45) is 5.94. The summed E-state index contributed by atoms with van der Waals surface area (Å²) in [6.45, 7) is 8.27. The number of benzene rings is 2. The van der Waals surface area contributed by atoms with E-state index in [0.29, 0.717) is 0 Å². The van der Waals surface area contributed by atoms with Gasteiger partial charge in [-0.15, -0.1) is 0 Å². The zero-order chi connectivity index (χ0) is 22.3. The van der Waals surface area contributed by atoms with Gasteiger partial charge in [-0.1, -0.05) is 15.9 Å². The van der Waals surface area contributed by atoms with Crippen molar-refractivity contribution >= 4 is 27.3 Å². The molecule has 0 saturated carbocycles. The van der Waals surface area contributed by atoms with E-state index in [1.54, 1.807) is 0 Å². The third-order valence-electron chi connectivity index (χ3n) is 5.71. The minimum absolute atomic E-state index is 0.199. The zero-order valence-corrected chi connectivity index (χ0v) is 19.9. The molecule has 0 bridgehead atoms. The molecule has 1 aromatic heterocycles. The Labute approximate surface area is 191 Å². The van der Waals surface area contributed by atoms with Crippen LogP contribution in [0.25, 0.3) is 11.1 Å². The lowest BCUT2D eigenvalue weighted by Gasteiger charge is -2.13. The maximum absolute atomic E-state index is 6.04. The topological polar surface area (TPSA) is 83.4 Å². The first-order valence-electron chi connectivity index (χ1n) is 10.5. The lowest BCUT2D eigenvalue weighted by atomic mass is 9.92. The fourth-order valence-electron chi connectivity index (χ4n) is 4.41. The Morgan fingerprint density at radius 1 is 0.871 bits per heavy atom. The molecule has 0 saturated heterocycles. The van der Waals surface area contributed by atoms with Crippen molar-refractivity contribution in [3.05, 3.63) is 63.4 Å². The molecular weight excluding hydrogens is 454 g/mol. The zero-order valence-electron chi connectivity index (χ0n) is 18.3. The van der Waals surface area contributed by atoms with E-state index in [2.05, 4.69) is 41.7 Å². The van der Waals surface area contributed by atoms with Crippen molar-refractivity contribution in [1.82, 2.24) is 4.98 Å². The Balaban J connectivity index is 0.000000158. The molecule has 2 aliphatic rings. The first kappa shape index (κ1) is 21.5. The summed E-state index contributed by atoms with van der Waals surface area (Å²) in [5, 5.41) is 0. The molecule has 3 heterocycles. The highest BCUT2D eigenvalue weighted by atomic mass is 79.9. The van der Waals surface area contributed by atoms with Gasteiger partial charge in [-0.2, -0.15) is 0 Å². The lowest BCUT2D eigenvalue weighted by molar-refractivity contribution is 0.255. The van der Waals surface area contributed by atoms with Gasteiger partial charge in [0.05, 0.1) is 11.4 Å². The summed E-state index contributed by atoms with van der Waals surface area (Å²) in [4.78, 5) is 4.07. The number of nitrogen functional groups attached to an aromatic ring is 2. The van der Waals surface area contributed by atoms with Crippen molar-refractivity contribution in [2.75, 3.05) is 11.5 Å². The maximum Gasteiger partial charge on any atom is 0.147 e. The van der Waals surface area contributed by atoms with Crippen molar-refractivity contribution < 1.29 is 9.47 Å². The van der Waals surface area contributed by atoms with E-state index in [9.17, 15) is 0 Å². The fourth-order valence-corrected chi connectivity index (χ4v) is 4.86. The molecule has 2 aliphatic heterocycles. The van der Waals surface area contributed by atoms with Crippen LogP contribution in [0.15, 0.2) is 41.1 Å². The van der Waals surface area contributed by atoms with Crippen molar-refractivity contribution in [1.29, 1.82) is 0 Å². The summed E-state index contributed by atoms with van der Waals surface area (Å²) in [5.41, 5.74) is 20.6. The van der Waals surface area contributed by atoms with Gasteiger partial charge < -0.3 is 20.9 Å². The molecule has 2 atom stereocenters. The minimum Gasteiger partial charge on any atom is -0.488 e. The number of aryl methyl sites for hydroxylation is 2. The second kappa shape index (κ2) is 8.42. The third-order valence-corrected chi connectivity index (χ3v) is 6.82. The van der Waals surface area contributed by atoms with Crippen LogP contribution in [0.5, 0.6) is 11.5 Å². The standard InChI is InChI=1S/C15H16N2O.C10H12BrNO/c1-9-7-13(16)15-12(8-10(2)18-15)14(9)11-3-5-17-6-4-11;1-5-3-8(12)10-7(9(5)11)4-6(2)13-10/h3-7,10H,8,16H2,1-2H3;3,6H,4,12H2,1-2H3/t10-;6-/m00/s1. The first-order valence-corrected chi connectivity index (χ1v) is 11.3. The van der Waals surface area contributed by atoms with Crippen molar-refractivity contribution in [3.63, 3.8) is 0 Å².